The van der Waals surface area contributed by atoms with Gasteiger partial charge in [-0.2, -0.15) is 0 Å². The van der Waals surface area contributed by atoms with E-state index in [2.05, 4.69) is 68.9 Å². The molecule has 1 N–H and O–H groups in total. The second kappa shape index (κ2) is 9.27. The van der Waals surface area contributed by atoms with Gasteiger partial charge in [0.1, 0.15) is 5.82 Å². The van der Waals surface area contributed by atoms with Gasteiger partial charge in [0.25, 0.3) is 0 Å². The van der Waals surface area contributed by atoms with Crippen molar-refractivity contribution >= 4 is 21.9 Å². The van der Waals surface area contributed by atoms with Crippen LogP contribution in [0.4, 0.5) is 0 Å². The van der Waals surface area contributed by atoms with Crippen LogP contribution in [0.5, 0.6) is 0 Å². The Balaban J connectivity index is 1.13. The molecule has 1 aliphatic rings. The van der Waals surface area contributed by atoms with Crippen LogP contribution in [0.25, 0.3) is 21.9 Å². The number of hydrogen-bond donors (Lipinski definition) is 1. The van der Waals surface area contributed by atoms with Gasteiger partial charge in [-0.1, -0.05) is 24.3 Å². The largest absolute Gasteiger partial charge is 0.330 e. The summed E-state index contributed by atoms with van der Waals surface area (Å²) < 4.78 is 2.23. The second-order valence-electron chi connectivity index (χ2n) is 8.89. The number of nitrogens with one attached hydrogen (secondary N) is 1. The summed E-state index contributed by atoms with van der Waals surface area (Å²) in [5, 5.41) is 1.08. The summed E-state index contributed by atoms with van der Waals surface area (Å²) in [5.41, 5.74) is 4.47. The predicted octanol–water partition coefficient (Wildman–Crippen LogP) is 3.56. The lowest BCUT2D eigenvalue weighted by molar-refractivity contribution is 0.245. The number of nitrogens with zero attached hydrogens (tertiary/aromatic N) is 4. The van der Waals surface area contributed by atoms with Crippen molar-refractivity contribution in [2.75, 3.05) is 32.7 Å². The molecule has 1 aliphatic heterocycles. The highest BCUT2D eigenvalue weighted by Gasteiger charge is 2.17. The number of aromatic nitrogens is 3. The molecule has 6 nitrogen and oxygen atoms in total. The number of fused-ring (bicyclic) bond motifs is 2. The first-order valence-electron chi connectivity index (χ1n) is 11.6. The normalized spacial score (nSPS) is 16.0. The number of pyridine rings is 1. The average Bonchev–Trinajstić information content (AvgIpc) is 2.95. The standard InChI is InChI=1S/C26H31N5O/c1-29-24-8-3-2-7-22(24)27-25(29)19-31-15-5-14-30(16-17-31)13-4-6-20-9-10-21-11-12-26(32)28-23(21)18-20/h2-3,7-12,18H,4-6,13-17,19H2,1H3,(H,28,32). The van der Waals surface area contributed by atoms with Gasteiger partial charge >= 0.3 is 0 Å². The molecule has 2 aromatic carbocycles. The van der Waals surface area contributed by atoms with Crippen molar-refractivity contribution in [1.82, 2.24) is 24.3 Å². The molecular formula is C26H31N5O. The summed E-state index contributed by atoms with van der Waals surface area (Å²) >= 11 is 0. The van der Waals surface area contributed by atoms with Crippen molar-refractivity contribution in [2.45, 2.75) is 25.8 Å². The Labute approximate surface area is 188 Å². The SMILES string of the molecule is Cn1c(CN2CCCN(CCCc3ccc4ccc(=O)[nH]c4c3)CC2)nc2ccccc21. The number of benzene rings is 2. The van der Waals surface area contributed by atoms with Crippen LogP contribution in [0, 0.1) is 0 Å². The highest BCUT2D eigenvalue weighted by molar-refractivity contribution is 5.78. The lowest BCUT2D eigenvalue weighted by Gasteiger charge is -2.21. The third kappa shape index (κ3) is 4.61. The van der Waals surface area contributed by atoms with Crippen LogP contribution >= 0.6 is 0 Å². The van der Waals surface area contributed by atoms with Crippen molar-refractivity contribution in [3.8, 4) is 0 Å². The van der Waals surface area contributed by atoms with Gasteiger partial charge in [0.2, 0.25) is 5.56 Å². The van der Waals surface area contributed by atoms with Gasteiger partial charge in [0, 0.05) is 31.7 Å². The van der Waals surface area contributed by atoms with Crippen molar-refractivity contribution < 1.29 is 0 Å². The maximum absolute atomic E-state index is 11.6. The Morgan fingerprint density at radius 1 is 0.969 bits per heavy atom. The number of para-hydroxylation sites is 2. The molecule has 0 amide bonds. The maximum atomic E-state index is 11.6. The van der Waals surface area contributed by atoms with Gasteiger partial charge < -0.3 is 14.5 Å². The molecule has 0 spiro atoms. The number of hydrogen-bond acceptors (Lipinski definition) is 4. The summed E-state index contributed by atoms with van der Waals surface area (Å²) in [5.74, 6) is 1.15. The Morgan fingerprint density at radius 2 is 1.78 bits per heavy atom. The molecule has 0 radical (unpaired) electrons. The smallest absolute Gasteiger partial charge is 0.248 e. The predicted molar refractivity (Wildman–Crippen MR) is 130 cm³/mol. The van der Waals surface area contributed by atoms with E-state index < -0.39 is 0 Å². The fraction of sp³-hybridized carbons (Fsp3) is 0.385. The Hall–Kier alpha value is -2.96. The van der Waals surface area contributed by atoms with Crippen molar-refractivity contribution in [3.05, 3.63) is 76.3 Å². The number of aromatic amines is 1. The lowest BCUT2D eigenvalue weighted by Crippen LogP contribution is -2.31. The van der Waals surface area contributed by atoms with Crippen molar-refractivity contribution in [2.24, 2.45) is 7.05 Å². The highest BCUT2D eigenvalue weighted by Crippen LogP contribution is 2.17. The van der Waals surface area contributed by atoms with Crippen LogP contribution in [0.15, 0.2) is 59.4 Å². The van der Waals surface area contributed by atoms with Crippen LogP contribution in [0.1, 0.15) is 24.2 Å². The molecule has 166 valence electrons. The molecule has 0 aliphatic carbocycles. The summed E-state index contributed by atoms with van der Waals surface area (Å²) in [6.45, 7) is 6.50. The second-order valence-corrected chi connectivity index (χ2v) is 8.89. The first kappa shape index (κ1) is 20.9. The van der Waals surface area contributed by atoms with E-state index >= 15 is 0 Å². The fourth-order valence-corrected chi connectivity index (χ4v) is 4.80. The zero-order chi connectivity index (χ0) is 21.9. The summed E-state index contributed by atoms with van der Waals surface area (Å²) in [7, 11) is 2.12. The number of aryl methyl sites for hydroxylation is 2. The van der Waals surface area contributed by atoms with Crippen molar-refractivity contribution in [1.29, 1.82) is 0 Å². The minimum absolute atomic E-state index is 0.0394. The van der Waals surface area contributed by atoms with E-state index in [-0.39, 0.29) is 5.56 Å². The van der Waals surface area contributed by atoms with Crippen LogP contribution in [0.2, 0.25) is 0 Å². The quantitative estimate of drug-likeness (QED) is 0.509. The van der Waals surface area contributed by atoms with E-state index in [1.54, 1.807) is 6.07 Å². The molecule has 4 aromatic rings. The molecule has 0 atom stereocenters. The molecule has 0 bridgehead atoms. The Bertz CT molecular complexity index is 1270. The van der Waals surface area contributed by atoms with Gasteiger partial charge in [-0.05, 0) is 74.1 Å². The zero-order valence-corrected chi connectivity index (χ0v) is 18.8. The van der Waals surface area contributed by atoms with Gasteiger partial charge in [-0.15, -0.1) is 0 Å². The van der Waals surface area contributed by atoms with Gasteiger partial charge in [0.15, 0.2) is 0 Å². The molecule has 32 heavy (non-hydrogen) atoms. The zero-order valence-electron chi connectivity index (χ0n) is 18.8. The molecule has 2 aromatic heterocycles. The van der Waals surface area contributed by atoms with E-state index in [0.29, 0.717) is 0 Å². The third-order valence-electron chi connectivity index (χ3n) is 6.66. The highest BCUT2D eigenvalue weighted by atomic mass is 16.1. The van der Waals surface area contributed by atoms with Crippen LogP contribution in [0.3, 0.4) is 0 Å². The van der Waals surface area contributed by atoms with Gasteiger partial charge in [0.05, 0.1) is 17.6 Å². The first-order valence-corrected chi connectivity index (χ1v) is 11.6. The summed E-state index contributed by atoms with van der Waals surface area (Å²) in [6, 6.07) is 18.2. The molecule has 5 rings (SSSR count). The van der Waals surface area contributed by atoms with Crippen LogP contribution < -0.4 is 5.56 Å². The van der Waals surface area contributed by atoms with E-state index in [0.717, 1.165) is 74.4 Å². The Morgan fingerprint density at radius 3 is 2.69 bits per heavy atom. The molecular weight excluding hydrogens is 398 g/mol. The molecule has 1 saturated heterocycles. The van der Waals surface area contributed by atoms with Gasteiger partial charge in [-0.25, -0.2) is 4.98 Å². The van der Waals surface area contributed by atoms with E-state index in [1.807, 2.05) is 6.07 Å². The molecule has 0 unspecified atom stereocenters. The summed E-state index contributed by atoms with van der Waals surface area (Å²) in [6.07, 6.45) is 3.36. The monoisotopic (exact) mass is 429 g/mol. The number of imidazole rings is 1. The van der Waals surface area contributed by atoms with E-state index in [4.69, 9.17) is 4.98 Å². The topological polar surface area (TPSA) is 57.2 Å². The molecule has 6 heteroatoms. The third-order valence-corrected chi connectivity index (χ3v) is 6.66. The molecule has 1 fully saturated rings. The number of H-pyrrole nitrogens is 1. The first-order chi connectivity index (χ1) is 15.7. The Kier molecular flexibility index (Phi) is 6.06. The summed E-state index contributed by atoms with van der Waals surface area (Å²) in [4.78, 5) is 24.5. The fourth-order valence-electron chi connectivity index (χ4n) is 4.80. The van der Waals surface area contributed by atoms with E-state index in [9.17, 15) is 4.79 Å². The van der Waals surface area contributed by atoms with E-state index in [1.165, 1.54) is 17.5 Å². The van der Waals surface area contributed by atoms with Crippen molar-refractivity contribution in [3.63, 3.8) is 0 Å². The van der Waals surface area contributed by atoms with Gasteiger partial charge in [-0.3, -0.25) is 9.69 Å². The maximum Gasteiger partial charge on any atom is 0.248 e. The lowest BCUT2D eigenvalue weighted by atomic mass is 10.1. The van der Waals surface area contributed by atoms with Crippen LogP contribution in [-0.4, -0.2) is 57.1 Å². The minimum Gasteiger partial charge on any atom is -0.330 e. The average molecular weight is 430 g/mol. The number of rotatable bonds is 6. The van der Waals surface area contributed by atoms with Crippen LogP contribution in [-0.2, 0) is 20.0 Å². The molecule has 0 saturated carbocycles. The molecule has 3 heterocycles. The minimum atomic E-state index is -0.0394.